The zero-order chi connectivity index (χ0) is 26.4. The van der Waals surface area contributed by atoms with Crippen molar-refractivity contribution < 1.29 is 15.1 Å². The number of benzene rings is 2. The molecule has 1 amide bonds. The first-order valence-electron chi connectivity index (χ1n) is 15.4. The van der Waals surface area contributed by atoms with Gasteiger partial charge in [-0.1, -0.05) is 61.7 Å². The summed E-state index contributed by atoms with van der Waals surface area (Å²) >= 11 is 6.36. The van der Waals surface area contributed by atoms with Crippen molar-refractivity contribution in [3.05, 3.63) is 76.6 Å². The van der Waals surface area contributed by atoms with E-state index in [2.05, 4.69) is 63.7 Å². The molecule has 5 heteroatoms. The molecule has 3 N–H and O–H groups in total. The van der Waals surface area contributed by atoms with Gasteiger partial charge in [-0.2, -0.15) is 4.98 Å². The Balaban J connectivity index is 1.21. The van der Waals surface area contributed by atoms with E-state index < -0.39 is 0 Å². The second kappa shape index (κ2) is 10.5. The fraction of sp³-hybridized carbons (Fsp3) is 0.529. The number of amides is 1. The number of nitrogens with two attached hydrogens (primary N) is 1. The molecule has 3 heterocycles. The fourth-order valence-electron chi connectivity index (χ4n) is 9.00. The Kier molecular flexibility index (Phi) is 6.89. The average Bonchev–Trinajstić information content (AvgIpc) is 3.40. The van der Waals surface area contributed by atoms with Crippen LogP contribution < -0.4 is 10.3 Å². The molecule has 3 fully saturated rings. The molecule has 0 bridgehead atoms. The van der Waals surface area contributed by atoms with Crippen molar-refractivity contribution in [3.63, 3.8) is 0 Å². The van der Waals surface area contributed by atoms with E-state index >= 15 is 0 Å². The maximum Gasteiger partial charge on any atom is 0.273 e. The van der Waals surface area contributed by atoms with E-state index in [1.54, 1.807) is 0 Å². The van der Waals surface area contributed by atoms with Crippen LogP contribution in [0.25, 0.3) is 10.8 Å². The standard InChI is InChI=1S/C34H40ClN3O/c35-32-16-15-28-30(37-32)14-7-18-34(28)22-36-21-29(34)33(39)38-19-17-25(20-31(38)24-9-2-1-3-10-24)27-13-6-11-23-8-4-5-12-26(23)27/h4-6,8,11-13,15-16,24-25,29,31,36H,1-3,7,9-10,14,17-22H2/p+2/t25?,29-,31?,34-/m0/s1. The number of pyridine rings is 1. The predicted octanol–water partition coefficient (Wildman–Crippen LogP) is 5.43. The topological polar surface area (TPSA) is 51.1 Å². The third-order valence-corrected chi connectivity index (χ3v) is 11.1. The van der Waals surface area contributed by atoms with Gasteiger partial charge in [-0.25, -0.2) is 0 Å². The number of likely N-dealkylation sites (tertiary alicyclic amines) is 1. The number of nitrogens with one attached hydrogen (secondary N) is 1. The molecule has 4 aliphatic rings. The van der Waals surface area contributed by atoms with Crippen molar-refractivity contribution >= 4 is 28.3 Å². The first kappa shape index (κ1) is 25.5. The van der Waals surface area contributed by atoms with Gasteiger partial charge in [-0.15, -0.1) is 0 Å². The number of piperidine rings is 1. The van der Waals surface area contributed by atoms with Crippen LogP contribution in [0.1, 0.15) is 80.5 Å². The summed E-state index contributed by atoms with van der Waals surface area (Å²) in [4.78, 5) is 20.6. The Morgan fingerprint density at radius 2 is 1.82 bits per heavy atom. The summed E-state index contributed by atoms with van der Waals surface area (Å²) in [6, 6.07) is 20.2. The lowest BCUT2D eigenvalue weighted by Gasteiger charge is -2.47. The van der Waals surface area contributed by atoms with Crippen LogP contribution in [0.2, 0.25) is 5.15 Å². The highest BCUT2D eigenvalue weighted by Gasteiger charge is 2.56. The number of aromatic nitrogens is 1. The van der Waals surface area contributed by atoms with Gasteiger partial charge in [0.05, 0.1) is 18.5 Å². The van der Waals surface area contributed by atoms with E-state index in [9.17, 15) is 4.79 Å². The maximum atomic E-state index is 14.7. The van der Waals surface area contributed by atoms with E-state index in [0.29, 0.717) is 28.9 Å². The Morgan fingerprint density at radius 1 is 0.974 bits per heavy atom. The third kappa shape index (κ3) is 4.48. The van der Waals surface area contributed by atoms with Gasteiger partial charge in [-0.05, 0) is 84.4 Å². The second-order valence-electron chi connectivity index (χ2n) is 12.8. The number of fused-ring (bicyclic) bond motifs is 3. The molecule has 4 atom stereocenters. The van der Waals surface area contributed by atoms with Crippen molar-refractivity contribution in [2.75, 3.05) is 19.6 Å². The second-order valence-corrected chi connectivity index (χ2v) is 13.2. The lowest BCUT2D eigenvalue weighted by molar-refractivity contribution is -0.640. The molecule has 2 aromatic carbocycles. The minimum absolute atomic E-state index is 0.0475. The van der Waals surface area contributed by atoms with Crippen LogP contribution in [0.3, 0.4) is 0 Å². The van der Waals surface area contributed by atoms with Gasteiger partial charge in [0.25, 0.3) is 5.15 Å². The number of carbonyl (C=O) groups excluding carboxylic acids is 1. The zero-order valence-corrected chi connectivity index (χ0v) is 23.8. The van der Waals surface area contributed by atoms with E-state index in [4.69, 9.17) is 11.6 Å². The van der Waals surface area contributed by atoms with E-state index in [1.165, 1.54) is 59.7 Å². The molecule has 4 nitrogen and oxygen atoms in total. The van der Waals surface area contributed by atoms with Gasteiger partial charge in [0, 0.05) is 30.6 Å². The number of nitrogens with zero attached hydrogens (tertiary/aromatic N) is 1. The normalized spacial score (nSPS) is 29.6. The maximum absolute atomic E-state index is 14.7. The highest BCUT2D eigenvalue weighted by atomic mass is 35.5. The van der Waals surface area contributed by atoms with Crippen molar-refractivity contribution in [2.45, 2.75) is 81.6 Å². The van der Waals surface area contributed by atoms with Gasteiger partial charge in [0.15, 0.2) is 5.69 Å². The van der Waals surface area contributed by atoms with Gasteiger partial charge in [0.2, 0.25) is 5.91 Å². The Morgan fingerprint density at radius 3 is 2.72 bits per heavy atom. The number of quaternary nitrogens is 1. The number of rotatable bonds is 3. The summed E-state index contributed by atoms with van der Waals surface area (Å²) in [6.07, 6.45) is 11.9. The first-order valence-corrected chi connectivity index (χ1v) is 15.8. The minimum Gasteiger partial charge on any atom is -0.345 e. The molecule has 204 valence electrons. The predicted molar refractivity (Wildman–Crippen MR) is 156 cm³/mol. The third-order valence-electron chi connectivity index (χ3n) is 10.8. The number of carbonyl (C=O) groups is 1. The molecule has 1 saturated carbocycles. The molecule has 0 radical (unpaired) electrons. The molecule has 1 spiro atoms. The first-order chi connectivity index (χ1) is 19.1. The van der Waals surface area contributed by atoms with Crippen molar-refractivity contribution in [3.8, 4) is 0 Å². The molecule has 39 heavy (non-hydrogen) atoms. The Labute approximate surface area is 237 Å². The highest BCUT2D eigenvalue weighted by molar-refractivity contribution is 6.28. The van der Waals surface area contributed by atoms with Gasteiger partial charge in [0.1, 0.15) is 5.92 Å². The van der Waals surface area contributed by atoms with E-state index in [1.807, 2.05) is 6.07 Å². The van der Waals surface area contributed by atoms with Crippen LogP contribution >= 0.6 is 11.6 Å². The highest BCUT2D eigenvalue weighted by Crippen LogP contribution is 2.46. The molecule has 7 rings (SSSR count). The number of aromatic amines is 1. The zero-order valence-electron chi connectivity index (χ0n) is 23.0. The van der Waals surface area contributed by atoms with Crippen molar-refractivity contribution in [2.24, 2.45) is 11.8 Å². The number of halogens is 1. The van der Waals surface area contributed by atoms with E-state index in [0.717, 1.165) is 51.7 Å². The summed E-state index contributed by atoms with van der Waals surface area (Å²) < 4.78 is 0. The molecule has 2 unspecified atom stereocenters. The van der Waals surface area contributed by atoms with Crippen LogP contribution in [0.4, 0.5) is 0 Å². The van der Waals surface area contributed by atoms with Crippen LogP contribution in [0, 0.1) is 11.8 Å². The molecule has 3 aromatic rings. The number of hydrogen-bond acceptors (Lipinski definition) is 1. The van der Waals surface area contributed by atoms with Crippen molar-refractivity contribution in [1.82, 2.24) is 4.90 Å². The monoisotopic (exact) mass is 543 g/mol. The smallest absolute Gasteiger partial charge is 0.273 e. The van der Waals surface area contributed by atoms with Crippen LogP contribution in [0.15, 0.2) is 54.6 Å². The number of H-pyrrole nitrogens is 1. The molecule has 2 aliphatic heterocycles. The quantitative estimate of drug-likeness (QED) is 0.440. The fourth-order valence-corrected chi connectivity index (χ4v) is 9.18. The minimum atomic E-state index is -0.0741. The summed E-state index contributed by atoms with van der Waals surface area (Å²) in [5, 5.41) is 5.83. The van der Waals surface area contributed by atoms with Crippen LogP contribution in [0.5, 0.6) is 0 Å². The summed E-state index contributed by atoms with van der Waals surface area (Å²) in [6.45, 7) is 2.80. The largest absolute Gasteiger partial charge is 0.345 e. The molecular formula is C34H42ClN3O+2. The molecular weight excluding hydrogens is 502 g/mol. The number of hydrogen-bond donors (Lipinski definition) is 1. The van der Waals surface area contributed by atoms with Crippen LogP contribution in [-0.4, -0.2) is 36.5 Å². The van der Waals surface area contributed by atoms with Gasteiger partial charge in [-0.3, -0.25) is 4.79 Å². The lowest BCUT2D eigenvalue weighted by Crippen LogP contribution is -2.82. The van der Waals surface area contributed by atoms with Gasteiger partial charge >= 0.3 is 0 Å². The Hall–Kier alpha value is -2.43. The van der Waals surface area contributed by atoms with Crippen LogP contribution in [-0.2, 0) is 16.6 Å². The SMILES string of the molecule is O=C([C@@H]1C[NH2+]C[C@]12CCCc1[nH+]c(Cl)ccc12)N1CCC(c2cccc3ccccc23)CC1C1CCCCC1. The van der Waals surface area contributed by atoms with Crippen molar-refractivity contribution in [1.29, 1.82) is 0 Å². The Bertz CT molecular complexity index is 1360. The number of aryl methyl sites for hydroxylation is 1. The molecule has 1 aromatic heterocycles. The molecule has 2 aliphatic carbocycles. The summed E-state index contributed by atoms with van der Waals surface area (Å²) in [7, 11) is 0. The van der Waals surface area contributed by atoms with E-state index in [-0.39, 0.29) is 11.3 Å². The molecule has 2 saturated heterocycles. The average molecular weight is 544 g/mol. The lowest BCUT2D eigenvalue weighted by atomic mass is 9.64. The summed E-state index contributed by atoms with van der Waals surface area (Å²) in [5.41, 5.74) is 4.01. The summed E-state index contributed by atoms with van der Waals surface area (Å²) in [5.74, 6) is 1.63. The van der Waals surface area contributed by atoms with Gasteiger partial charge < -0.3 is 10.2 Å².